The summed E-state index contributed by atoms with van der Waals surface area (Å²) in [6.07, 6.45) is 1.57. The molecule has 1 rings (SSSR count). The van der Waals surface area contributed by atoms with Crippen molar-refractivity contribution < 1.29 is 9.53 Å². The number of rotatable bonds is 5. The fraction of sp³-hybridized carbons (Fsp3) is 0.273. The van der Waals surface area contributed by atoms with Gasteiger partial charge in [-0.2, -0.15) is 5.10 Å². The summed E-state index contributed by atoms with van der Waals surface area (Å²) < 4.78 is 4.79. The SMILES string of the molecule is CC(=O)OCCNc1ccc(C=NN)cc1. The van der Waals surface area contributed by atoms with Crippen molar-refractivity contribution in [1.29, 1.82) is 0 Å². The summed E-state index contributed by atoms with van der Waals surface area (Å²) in [6, 6.07) is 7.60. The number of hydrogen-bond donors (Lipinski definition) is 2. The monoisotopic (exact) mass is 221 g/mol. The van der Waals surface area contributed by atoms with E-state index >= 15 is 0 Å². The first kappa shape index (κ1) is 12.0. The summed E-state index contributed by atoms with van der Waals surface area (Å²) in [4.78, 5) is 10.5. The van der Waals surface area contributed by atoms with E-state index in [9.17, 15) is 4.79 Å². The second kappa shape index (κ2) is 6.44. The van der Waals surface area contributed by atoms with Crippen LogP contribution in [0.4, 0.5) is 5.69 Å². The quantitative estimate of drug-likeness (QED) is 0.255. The van der Waals surface area contributed by atoms with Gasteiger partial charge in [0.2, 0.25) is 0 Å². The van der Waals surface area contributed by atoms with E-state index in [1.807, 2.05) is 24.3 Å². The molecule has 0 fully saturated rings. The van der Waals surface area contributed by atoms with Crippen LogP contribution in [-0.4, -0.2) is 25.3 Å². The topological polar surface area (TPSA) is 76.7 Å². The molecule has 5 nitrogen and oxygen atoms in total. The van der Waals surface area contributed by atoms with Crippen LogP contribution in [0.5, 0.6) is 0 Å². The highest BCUT2D eigenvalue weighted by molar-refractivity contribution is 5.79. The number of ether oxygens (including phenoxy) is 1. The number of anilines is 1. The van der Waals surface area contributed by atoms with Gasteiger partial charge in [0.25, 0.3) is 0 Å². The molecule has 3 N–H and O–H groups in total. The number of carbonyl (C=O) groups excluding carboxylic acids is 1. The van der Waals surface area contributed by atoms with Crippen LogP contribution in [0.3, 0.4) is 0 Å². The first-order chi connectivity index (χ1) is 7.72. The molecule has 5 heteroatoms. The Bertz CT molecular complexity index is 360. The standard InChI is InChI=1S/C11H15N3O2/c1-9(15)16-7-6-13-11-4-2-10(3-5-11)8-14-12/h2-5,8,13H,6-7,12H2,1H3. The summed E-state index contributed by atoms with van der Waals surface area (Å²) in [6.45, 7) is 2.34. The summed E-state index contributed by atoms with van der Waals surface area (Å²) in [7, 11) is 0. The van der Waals surface area contributed by atoms with Crippen molar-refractivity contribution >= 4 is 17.9 Å². The lowest BCUT2D eigenvalue weighted by Gasteiger charge is -2.06. The lowest BCUT2D eigenvalue weighted by atomic mass is 10.2. The maximum Gasteiger partial charge on any atom is 0.302 e. The molecule has 0 aliphatic heterocycles. The molecule has 16 heavy (non-hydrogen) atoms. The van der Waals surface area contributed by atoms with Gasteiger partial charge in [0.1, 0.15) is 6.61 Å². The number of nitrogens with two attached hydrogens (primary N) is 1. The van der Waals surface area contributed by atoms with Crippen molar-refractivity contribution in [2.45, 2.75) is 6.92 Å². The predicted octanol–water partition coefficient (Wildman–Crippen LogP) is 0.954. The molecule has 1 aromatic carbocycles. The first-order valence-electron chi connectivity index (χ1n) is 4.93. The van der Waals surface area contributed by atoms with Crippen molar-refractivity contribution in [2.24, 2.45) is 10.9 Å². The van der Waals surface area contributed by atoms with Gasteiger partial charge in [-0.05, 0) is 17.7 Å². The zero-order valence-electron chi connectivity index (χ0n) is 9.14. The average Bonchev–Trinajstić information content (AvgIpc) is 2.27. The van der Waals surface area contributed by atoms with E-state index in [2.05, 4.69) is 10.4 Å². The van der Waals surface area contributed by atoms with Gasteiger partial charge >= 0.3 is 5.97 Å². The molecule has 0 saturated carbocycles. The van der Waals surface area contributed by atoms with Crippen LogP contribution in [-0.2, 0) is 9.53 Å². The van der Waals surface area contributed by atoms with Crippen molar-refractivity contribution in [1.82, 2.24) is 0 Å². The Morgan fingerprint density at radius 1 is 1.50 bits per heavy atom. The molecular weight excluding hydrogens is 206 g/mol. The molecule has 0 heterocycles. The van der Waals surface area contributed by atoms with E-state index in [4.69, 9.17) is 10.6 Å². The number of nitrogens with zero attached hydrogens (tertiary/aromatic N) is 1. The maximum atomic E-state index is 10.5. The molecule has 0 spiro atoms. The second-order valence-electron chi connectivity index (χ2n) is 3.17. The lowest BCUT2D eigenvalue weighted by Crippen LogP contribution is -2.11. The van der Waals surface area contributed by atoms with E-state index in [0.717, 1.165) is 11.3 Å². The molecule has 0 aliphatic rings. The number of hydrogen-bond acceptors (Lipinski definition) is 5. The van der Waals surface area contributed by atoms with Crippen molar-refractivity contribution in [3.8, 4) is 0 Å². The van der Waals surface area contributed by atoms with Crippen LogP contribution < -0.4 is 11.2 Å². The molecule has 0 radical (unpaired) electrons. The number of nitrogens with one attached hydrogen (secondary N) is 1. The minimum absolute atomic E-state index is 0.267. The van der Waals surface area contributed by atoms with E-state index in [-0.39, 0.29) is 5.97 Å². The minimum Gasteiger partial charge on any atom is -0.464 e. The van der Waals surface area contributed by atoms with Crippen LogP contribution in [0, 0.1) is 0 Å². The summed E-state index contributed by atoms with van der Waals surface area (Å²) in [5, 5.41) is 6.54. The highest BCUT2D eigenvalue weighted by Gasteiger charge is 1.94. The van der Waals surface area contributed by atoms with Crippen LogP contribution in [0.15, 0.2) is 29.4 Å². The zero-order chi connectivity index (χ0) is 11.8. The Kier molecular flexibility index (Phi) is 4.85. The molecule has 0 aromatic heterocycles. The van der Waals surface area contributed by atoms with Gasteiger partial charge in [-0.3, -0.25) is 4.79 Å². The third kappa shape index (κ3) is 4.45. The van der Waals surface area contributed by atoms with Crippen LogP contribution >= 0.6 is 0 Å². The first-order valence-corrected chi connectivity index (χ1v) is 4.93. The molecule has 0 unspecified atom stereocenters. The van der Waals surface area contributed by atoms with E-state index in [1.165, 1.54) is 6.92 Å². The van der Waals surface area contributed by atoms with Crippen molar-refractivity contribution in [3.63, 3.8) is 0 Å². The van der Waals surface area contributed by atoms with Gasteiger partial charge < -0.3 is 15.9 Å². The number of carbonyl (C=O) groups is 1. The summed E-state index contributed by atoms with van der Waals surface area (Å²) in [5.74, 6) is 4.76. The molecule has 1 aromatic rings. The Balaban J connectivity index is 2.34. The third-order valence-electron chi connectivity index (χ3n) is 1.87. The maximum absolute atomic E-state index is 10.5. The van der Waals surface area contributed by atoms with Crippen LogP contribution in [0.2, 0.25) is 0 Å². The average molecular weight is 221 g/mol. The van der Waals surface area contributed by atoms with E-state index < -0.39 is 0 Å². The second-order valence-corrected chi connectivity index (χ2v) is 3.17. The Morgan fingerprint density at radius 2 is 2.19 bits per heavy atom. The predicted molar refractivity (Wildman–Crippen MR) is 63.3 cm³/mol. The fourth-order valence-electron chi connectivity index (χ4n) is 1.16. The van der Waals surface area contributed by atoms with Gasteiger partial charge in [-0.1, -0.05) is 12.1 Å². The largest absolute Gasteiger partial charge is 0.464 e. The number of benzene rings is 1. The van der Waals surface area contributed by atoms with Gasteiger partial charge in [-0.15, -0.1) is 0 Å². The highest BCUT2D eigenvalue weighted by atomic mass is 16.5. The van der Waals surface area contributed by atoms with E-state index in [0.29, 0.717) is 13.2 Å². The van der Waals surface area contributed by atoms with E-state index in [1.54, 1.807) is 6.21 Å². The van der Waals surface area contributed by atoms with Crippen LogP contribution in [0.1, 0.15) is 12.5 Å². The van der Waals surface area contributed by atoms with Crippen molar-refractivity contribution in [3.05, 3.63) is 29.8 Å². The molecule has 86 valence electrons. The van der Waals surface area contributed by atoms with Gasteiger partial charge in [0.15, 0.2) is 0 Å². The number of esters is 1. The normalized spacial score (nSPS) is 10.3. The Hall–Kier alpha value is -2.04. The smallest absolute Gasteiger partial charge is 0.302 e. The minimum atomic E-state index is -0.267. The molecule has 0 bridgehead atoms. The zero-order valence-corrected chi connectivity index (χ0v) is 9.14. The molecular formula is C11H15N3O2. The van der Waals surface area contributed by atoms with Gasteiger partial charge in [0, 0.05) is 19.2 Å². The molecule has 0 aliphatic carbocycles. The van der Waals surface area contributed by atoms with Gasteiger partial charge in [-0.25, -0.2) is 0 Å². The summed E-state index contributed by atoms with van der Waals surface area (Å²) >= 11 is 0. The summed E-state index contributed by atoms with van der Waals surface area (Å²) in [5.41, 5.74) is 1.90. The lowest BCUT2D eigenvalue weighted by molar-refractivity contribution is -0.140. The molecule has 0 saturated heterocycles. The number of hydrazone groups is 1. The third-order valence-corrected chi connectivity index (χ3v) is 1.87. The Morgan fingerprint density at radius 3 is 2.75 bits per heavy atom. The molecule has 0 atom stereocenters. The molecule has 0 amide bonds. The fourth-order valence-corrected chi connectivity index (χ4v) is 1.16. The highest BCUT2D eigenvalue weighted by Crippen LogP contribution is 2.07. The van der Waals surface area contributed by atoms with Gasteiger partial charge in [0.05, 0.1) is 6.21 Å². The van der Waals surface area contributed by atoms with Crippen molar-refractivity contribution in [2.75, 3.05) is 18.5 Å². The Labute approximate surface area is 94.3 Å². The van der Waals surface area contributed by atoms with Crippen LogP contribution in [0.25, 0.3) is 0 Å².